The number of hydrogen-bond acceptors (Lipinski definition) is 4. The second-order valence-electron chi connectivity index (χ2n) is 5.22. The molecule has 0 spiro atoms. The normalized spacial score (nSPS) is 11.3. The maximum atomic E-state index is 11.9. The minimum Gasteiger partial charge on any atom is -0.326 e. The lowest BCUT2D eigenvalue weighted by Crippen LogP contribution is -2.33. The van der Waals surface area contributed by atoms with Crippen LogP contribution in [0.4, 0.5) is 11.4 Å². The van der Waals surface area contributed by atoms with E-state index in [1.807, 2.05) is 6.92 Å². The van der Waals surface area contributed by atoms with Crippen LogP contribution in [0.2, 0.25) is 0 Å². The summed E-state index contributed by atoms with van der Waals surface area (Å²) in [6.45, 7) is 3.86. The minimum atomic E-state index is -3.30. The van der Waals surface area contributed by atoms with Crippen LogP contribution in [0.3, 0.4) is 0 Å². The molecule has 2 N–H and O–H groups in total. The zero-order chi connectivity index (χ0) is 17.5. The van der Waals surface area contributed by atoms with Crippen molar-refractivity contribution in [1.29, 1.82) is 0 Å². The Morgan fingerprint density at radius 2 is 1.57 bits per heavy atom. The number of nitrogens with one attached hydrogen (secondary N) is 2. The van der Waals surface area contributed by atoms with Gasteiger partial charge in [0.15, 0.2) is 0 Å². The fourth-order valence-corrected chi connectivity index (χ4v) is 2.92. The van der Waals surface area contributed by atoms with Crippen molar-refractivity contribution >= 4 is 33.2 Å². The van der Waals surface area contributed by atoms with Gasteiger partial charge in [-0.3, -0.25) is 9.59 Å². The topological polar surface area (TPSA) is 95.6 Å². The molecule has 128 valence electrons. The van der Waals surface area contributed by atoms with Crippen LogP contribution in [0, 0.1) is 0 Å². The molecule has 0 atom stereocenters. The average molecular weight is 341 g/mol. The van der Waals surface area contributed by atoms with Gasteiger partial charge in [0, 0.05) is 37.8 Å². The SMILES string of the molecule is CCCN(CCC(=O)Nc1ccc(NC(C)=O)cc1)S(C)(=O)=O. The predicted molar refractivity (Wildman–Crippen MR) is 90.7 cm³/mol. The number of rotatable bonds is 8. The van der Waals surface area contributed by atoms with Crippen LogP contribution in [0.25, 0.3) is 0 Å². The zero-order valence-electron chi connectivity index (χ0n) is 13.6. The Labute approximate surface area is 137 Å². The number of anilines is 2. The molecule has 0 aliphatic heterocycles. The molecule has 7 nitrogen and oxygen atoms in total. The quantitative estimate of drug-likeness (QED) is 0.751. The van der Waals surface area contributed by atoms with Crippen LogP contribution in [-0.2, 0) is 19.6 Å². The first-order chi connectivity index (χ1) is 10.7. The van der Waals surface area contributed by atoms with Gasteiger partial charge in [0.25, 0.3) is 0 Å². The highest BCUT2D eigenvalue weighted by atomic mass is 32.2. The Balaban J connectivity index is 2.54. The molecule has 1 rings (SSSR count). The summed E-state index contributed by atoms with van der Waals surface area (Å²) in [7, 11) is -3.30. The van der Waals surface area contributed by atoms with Crippen molar-refractivity contribution in [3.63, 3.8) is 0 Å². The Bertz CT molecular complexity index is 641. The number of benzene rings is 1. The lowest BCUT2D eigenvalue weighted by Gasteiger charge is -2.18. The molecule has 0 bridgehead atoms. The van der Waals surface area contributed by atoms with E-state index in [2.05, 4.69) is 10.6 Å². The number of nitrogens with zero attached hydrogens (tertiary/aromatic N) is 1. The summed E-state index contributed by atoms with van der Waals surface area (Å²) in [6.07, 6.45) is 1.92. The summed E-state index contributed by atoms with van der Waals surface area (Å²) >= 11 is 0. The number of carbonyl (C=O) groups excluding carboxylic acids is 2. The molecule has 1 aromatic carbocycles. The van der Waals surface area contributed by atoms with Crippen molar-refractivity contribution in [3.8, 4) is 0 Å². The second kappa shape index (κ2) is 8.64. The van der Waals surface area contributed by atoms with E-state index < -0.39 is 10.0 Å². The minimum absolute atomic E-state index is 0.0838. The predicted octanol–water partition coefficient (Wildman–Crippen LogP) is 1.65. The average Bonchev–Trinajstić information content (AvgIpc) is 2.43. The van der Waals surface area contributed by atoms with E-state index in [-0.39, 0.29) is 24.8 Å². The lowest BCUT2D eigenvalue weighted by molar-refractivity contribution is -0.116. The smallest absolute Gasteiger partial charge is 0.225 e. The maximum absolute atomic E-state index is 11.9. The molecule has 0 fully saturated rings. The van der Waals surface area contributed by atoms with Gasteiger partial charge in [-0.25, -0.2) is 12.7 Å². The van der Waals surface area contributed by atoms with Gasteiger partial charge in [-0.15, -0.1) is 0 Å². The van der Waals surface area contributed by atoms with Crippen LogP contribution in [-0.4, -0.2) is 43.9 Å². The molecule has 0 aliphatic carbocycles. The van der Waals surface area contributed by atoms with Crippen molar-refractivity contribution in [3.05, 3.63) is 24.3 Å². The monoisotopic (exact) mass is 341 g/mol. The summed E-state index contributed by atoms with van der Waals surface area (Å²) in [5.74, 6) is -0.430. The molecule has 0 aliphatic rings. The van der Waals surface area contributed by atoms with Crippen LogP contribution in [0.1, 0.15) is 26.7 Å². The number of sulfonamides is 1. The molecule has 0 radical (unpaired) electrons. The van der Waals surface area contributed by atoms with Gasteiger partial charge in [-0.05, 0) is 30.7 Å². The zero-order valence-corrected chi connectivity index (χ0v) is 14.4. The fraction of sp³-hybridized carbons (Fsp3) is 0.467. The first kappa shape index (κ1) is 19.1. The molecule has 0 saturated heterocycles. The van der Waals surface area contributed by atoms with E-state index in [9.17, 15) is 18.0 Å². The molecular weight excluding hydrogens is 318 g/mol. The molecule has 0 heterocycles. The van der Waals surface area contributed by atoms with Crippen molar-refractivity contribution in [2.75, 3.05) is 30.0 Å². The van der Waals surface area contributed by atoms with E-state index in [0.29, 0.717) is 24.3 Å². The van der Waals surface area contributed by atoms with Crippen LogP contribution in [0.5, 0.6) is 0 Å². The second-order valence-corrected chi connectivity index (χ2v) is 7.20. The van der Waals surface area contributed by atoms with Gasteiger partial charge in [-0.2, -0.15) is 0 Å². The van der Waals surface area contributed by atoms with Gasteiger partial charge >= 0.3 is 0 Å². The Hall–Kier alpha value is -1.93. The fourth-order valence-electron chi connectivity index (χ4n) is 1.98. The Morgan fingerprint density at radius 3 is 2.00 bits per heavy atom. The van der Waals surface area contributed by atoms with Crippen LogP contribution in [0.15, 0.2) is 24.3 Å². The van der Waals surface area contributed by atoms with Crippen LogP contribution < -0.4 is 10.6 Å². The van der Waals surface area contributed by atoms with Crippen molar-refractivity contribution in [2.45, 2.75) is 26.7 Å². The number of carbonyl (C=O) groups is 2. The molecule has 0 aromatic heterocycles. The lowest BCUT2D eigenvalue weighted by atomic mass is 10.2. The van der Waals surface area contributed by atoms with Gasteiger partial charge in [-0.1, -0.05) is 6.92 Å². The van der Waals surface area contributed by atoms with Crippen LogP contribution >= 0.6 is 0 Å². The molecule has 2 amide bonds. The molecule has 0 saturated carbocycles. The van der Waals surface area contributed by atoms with E-state index in [1.165, 1.54) is 11.2 Å². The first-order valence-corrected chi connectivity index (χ1v) is 9.20. The number of hydrogen-bond donors (Lipinski definition) is 2. The summed E-state index contributed by atoms with van der Waals surface area (Å²) in [5.41, 5.74) is 1.23. The highest BCUT2D eigenvalue weighted by molar-refractivity contribution is 7.88. The summed E-state index contributed by atoms with van der Waals surface area (Å²) in [5, 5.41) is 5.33. The largest absolute Gasteiger partial charge is 0.326 e. The number of amides is 2. The summed E-state index contributed by atoms with van der Waals surface area (Å²) in [6, 6.07) is 6.70. The van der Waals surface area contributed by atoms with Gasteiger partial charge in [0.2, 0.25) is 21.8 Å². The summed E-state index contributed by atoms with van der Waals surface area (Å²) < 4.78 is 24.5. The highest BCUT2D eigenvalue weighted by Crippen LogP contribution is 2.14. The van der Waals surface area contributed by atoms with Gasteiger partial charge in [0.1, 0.15) is 0 Å². The van der Waals surface area contributed by atoms with Gasteiger partial charge < -0.3 is 10.6 Å². The standard InChI is InChI=1S/C15H23N3O4S/c1-4-10-18(23(3,21)22)11-9-15(20)17-14-7-5-13(6-8-14)16-12(2)19/h5-8H,4,9-11H2,1-3H3,(H,16,19)(H,17,20). The third-order valence-corrected chi connectivity index (χ3v) is 4.32. The van der Waals surface area contributed by atoms with Gasteiger partial charge in [0.05, 0.1) is 6.26 Å². The van der Waals surface area contributed by atoms with Crippen molar-refractivity contribution < 1.29 is 18.0 Å². The third kappa shape index (κ3) is 7.25. The third-order valence-electron chi connectivity index (χ3n) is 3.02. The van der Waals surface area contributed by atoms with E-state index in [0.717, 1.165) is 6.26 Å². The van der Waals surface area contributed by atoms with Crippen molar-refractivity contribution in [1.82, 2.24) is 4.31 Å². The molecular formula is C15H23N3O4S. The molecule has 23 heavy (non-hydrogen) atoms. The Kier molecular flexibility index (Phi) is 7.18. The molecule has 8 heteroatoms. The first-order valence-electron chi connectivity index (χ1n) is 7.35. The molecule has 0 unspecified atom stereocenters. The van der Waals surface area contributed by atoms with E-state index in [4.69, 9.17) is 0 Å². The maximum Gasteiger partial charge on any atom is 0.225 e. The molecule has 1 aromatic rings. The summed E-state index contributed by atoms with van der Waals surface area (Å²) in [4.78, 5) is 22.8. The van der Waals surface area contributed by atoms with Crippen molar-refractivity contribution in [2.24, 2.45) is 0 Å². The van der Waals surface area contributed by atoms with E-state index >= 15 is 0 Å². The van der Waals surface area contributed by atoms with E-state index in [1.54, 1.807) is 24.3 Å². The highest BCUT2D eigenvalue weighted by Gasteiger charge is 2.16. The Morgan fingerprint density at radius 1 is 1.04 bits per heavy atom.